The van der Waals surface area contributed by atoms with Crippen LogP contribution in [0, 0.1) is 0 Å². The number of pyridine rings is 2. The molecule has 5 nitrogen and oxygen atoms in total. The molecular weight excluding hydrogens is 296 g/mol. The van der Waals surface area contributed by atoms with Crippen LogP contribution in [0.1, 0.15) is 6.92 Å². The minimum absolute atomic E-state index is 0.568. The Balaban J connectivity index is 2.13. The van der Waals surface area contributed by atoms with E-state index < -0.39 is 0 Å². The molecular formula is C12H13BrN4O. The van der Waals surface area contributed by atoms with E-state index in [-0.39, 0.29) is 0 Å². The van der Waals surface area contributed by atoms with E-state index in [2.05, 4.69) is 31.2 Å². The van der Waals surface area contributed by atoms with Gasteiger partial charge in [0.1, 0.15) is 0 Å². The number of halogens is 1. The van der Waals surface area contributed by atoms with Crippen molar-refractivity contribution in [3.63, 3.8) is 0 Å². The van der Waals surface area contributed by atoms with Gasteiger partial charge in [-0.15, -0.1) is 0 Å². The molecule has 0 bridgehead atoms. The predicted octanol–water partition coefficient (Wildman–Crippen LogP) is 2.96. The van der Waals surface area contributed by atoms with Crippen molar-refractivity contribution < 1.29 is 4.74 Å². The van der Waals surface area contributed by atoms with Crippen LogP contribution in [-0.2, 0) is 0 Å². The van der Waals surface area contributed by atoms with Crippen LogP contribution in [0.2, 0.25) is 0 Å². The minimum atomic E-state index is 0.568. The van der Waals surface area contributed by atoms with Gasteiger partial charge in [0.15, 0.2) is 5.82 Å². The summed E-state index contributed by atoms with van der Waals surface area (Å²) in [7, 11) is 0. The second kappa shape index (κ2) is 5.68. The first-order valence-corrected chi connectivity index (χ1v) is 6.25. The van der Waals surface area contributed by atoms with Gasteiger partial charge in [0.05, 0.1) is 24.2 Å². The average molecular weight is 309 g/mol. The van der Waals surface area contributed by atoms with Crippen molar-refractivity contribution >= 4 is 33.1 Å². The van der Waals surface area contributed by atoms with Crippen LogP contribution in [0.15, 0.2) is 35.1 Å². The summed E-state index contributed by atoms with van der Waals surface area (Å²) in [4.78, 5) is 8.34. The molecule has 2 aromatic rings. The summed E-state index contributed by atoms with van der Waals surface area (Å²) >= 11 is 3.31. The van der Waals surface area contributed by atoms with E-state index in [1.165, 1.54) is 0 Å². The zero-order valence-electron chi connectivity index (χ0n) is 9.85. The van der Waals surface area contributed by atoms with Crippen molar-refractivity contribution in [3.8, 4) is 5.88 Å². The van der Waals surface area contributed by atoms with Crippen LogP contribution in [0.3, 0.4) is 0 Å². The molecule has 0 radical (unpaired) electrons. The van der Waals surface area contributed by atoms with E-state index >= 15 is 0 Å². The highest BCUT2D eigenvalue weighted by molar-refractivity contribution is 9.10. The molecule has 0 saturated carbocycles. The lowest BCUT2D eigenvalue weighted by molar-refractivity contribution is 0.327. The van der Waals surface area contributed by atoms with Crippen molar-refractivity contribution in [1.82, 2.24) is 9.97 Å². The Bertz CT molecular complexity index is 530. The number of anilines is 3. The molecule has 18 heavy (non-hydrogen) atoms. The number of nitrogens with zero attached hydrogens (tertiary/aromatic N) is 2. The number of aromatic nitrogens is 2. The zero-order valence-corrected chi connectivity index (χ0v) is 11.4. The summed E-state index contributed by atoms with van der Waals surface area (Å²) in [5.74, 6) is 1.20. The third-order valence-electron chi connectivity index (χ3n) is 2.18. The molecule has 2 heterocycles. The predicted molar refractivity (Wildman–Crippen MR) is 75.0 cm³/mol. The van der Waals surface area contributed by atoms with Crippen LogP contribution in [0.25, 0.3) is 0 Å². The first-order valence-electron chi connectivity index (χ1n) is 5.46. The molecule has 0 aliphatic carbocycles. The van der Waals surface area contributed by atoms with E-state index in [9.17, 15) is 0 Å². The Labute approximate surface area is 114 Å². The smallest absolute Gasteiger partial charge is 0.213 e. The molecule has 2 aromatic heterocycles. The molecule has 6 heteroatoms. The van der Waals surface area contributed by atoms with Gasteiger partial charge >= 0.3 is 0 Å². The first kappa shape index (κ1) is 12.6. The van der Waals surface area contributed by atoms with Crippen LogP contribution < -0.4 is 15.8 Å². The number of nitrogens with one attached hydrogen (secondary N) is 1. The van der Waals surface area contributed by atoms with Gasteiger partial charge in [0.25, 0.3) is 0 Å². The fourth-order valence-corrected chi connectivity index (χ4v) is 1.73. The second-order valence-corrected chi connectivity index (χ2v) is 4.45. The monoisotopic (exact) mass is 308 g/mol. The lowest BCUT2D eigenvalue weighted by Crippen LogP contribution is -2.00. The van der Waals surface area contributed by atoms with E-state index in [0.717, 1.165) is 10.2 Å². The number of ether oxygens (including phenoxy) is 1. The largest absolute Gasteiger partial charge is 0.478 e. The summed E-state index contributed by atoms with van der Waals surface area (Å²) in [6.07, 6.45) is 3.36. The molecule has 0 spiro atoms. The van der Waals surface area contributed by atoms with E-state index in [4.69, 9.17) is 10.5 Å². The van der Waals surface area contributed by atoms with Gasteiger partial charge < -0.3 is 15.8 Å². The molecule has 0 saturated heterocycles. The normalized spacial score (nSPS) is 10.1. The zero-order chi connectivity index (χ0) is 13.0. The van der Waals surface area contributed by atoms with Crippen molar-refractivity contribution in [1.29, 1.82) is 0 Å². The average Bonchev–Trinajstić information content (AvgIpc) is 2.35. The molecule has 2 rings (SSSR count). The summed E-state index contributed by atoms with van der Waals surface area (Å²) < 4.78 is 6.11. The highest BCUT2D eigenvalue weighted by Gasteiger charge is 2.03. The third-order valence-corrected chi connectivity index (χ3v) is 2.61. The van der Waals surface area contributed by atoms with Crippen molar-refractivity contribution in [3.05, 3.63) is 35.1 Å². The van der Waals surface area contributed by atoms with Crippen molar-refractivity contribution in [2.24, 2.45) is 0 Å². The maximum atomic E-state index is 5.85. The SMILES string of the molecule is CCOc1ccc(Nc2ncc(Br)cc2N)cn1. The van der Waals surface area contributed by atoms with Gasteiger partial charge in [0.2, 0.25) is 5.88 Å². The highest BCUT2D eigenvalue weighted by atomic mass is 79.9. The lowest BCUT2D eigenvalue weighted by atomic mass is 10.3. The quantitative estimate of drug-likeness (QED) is 0.908. The van der Waals surface area contributed by atoms with Crippen LogP contribution in [0.4, 0.5) is 17.2 Å². The molecule has 0 atom stereocenters. The molecule has 0 aliphatic heterocycles. The van der Waals surface area contributed by atoms with Gasteiger partial charge in [-0.05, 0) is 35.0 Å². The number of hydrogen-bond donors (Lipinski definition) is 2. The fraction of sp³-hybridized carbons (Fsp3) is 0.167. The van der Waals surface area contributed by atoms with E-state index in [0.29, 0.717) is 24.0 Å². The van der Waals surface area contributed by atoms with Gasteiger partial charge in [-0.2, -0.15) is 0 Å². The molecule has 0 fully saturated rings. The van der Waals surface area contributed by atoms with Crippen LogP contribution in [0.5, 0.6) is 5.88 Å². The maximum Gasteiger partial charge on any atom is 0.213 e. The summed E-state index contributed by atoms with van der Waals surface area (Å²) in [6, 6.07) is 5.44. The number of rotatable bonds is 4. The summed E-state index contributed by atoms with van der Waals surface area (Å²) in [5, 5.41) is 3.09. The Kier molecular flexibility index (Phi) is 3.99. The Hall–Kier alpha value is -1.82. The lowest BCUT2D eigenvalue weighted by Gasteiger charge is -2.08. The standard InChI is InChI=1S/C12H13BrN4O/c1-2-18-11-4-3-9(7-15-11)17-12-10(14)5-8(13)6-16-12/h3-7H,2,14H2,1H3,(H,16,17). The second-order valence-electron chi connectivity index (χ2n) is 3.53. The molecule has 3 N–H and O–H groups in total. The van der Waals surface area contributed by atoms with E-state index in [1.807, 2.05) is 13.0 Å². The Morgan fingerprint density at radius 2 is 2.17 bits per heavy atom. The van der Waals surface area contributed by atoms with Crippen molar-refractivity contribution in [2.45, 2.75) is 6.92 Å². The van der Waals surface area contributed by atoms with Gasteiger partial charge in [-0.3, -0.25) is 0 Å². The molecule has 0 amide bonds. The molecule has 0 unspecified atom stereocenters. The topological polar surface area (TPSA) is 73.1 Å². The van der Waals surface area contributed by atoms with Crippen LogP contribution >= 0.6 is 15.9 Å². The Morgan fingerprint density at radius 1 is 1.33 bits per heavy atom. The third kappa shape index (κ3) is 3.10. The van der Waals surface area contributed by atoms with Crippen molar-refractivity contribution in [2.75, 3.05) is 17.7 Å². The molecule has 94 valence electrons. The van der Waals surface area contributed by atoms with Crippen LogP contribution in [-0.4, -0.2) is 16.6 Å². The fourth-order valence-electron chi connectivity index (χ4n) is 1.38. The number of nitrogens with two attached hydrogens (primary N) is 1. The summed E-state index contributed by atoms with van der Waals surface area (Å²) in [5.41, 5.74) is 7.22. The molecule has 0 aliphatic rings. The summed E-state index contributed by atoms with van der Waals surface area (Å²) in [6.45, 7) is 2.52. The highest BCUT2D eigenvalue weighted by Crippen LogP contribution is 2.23. The van der Waals surface area contributed by atoms with E-state index in [1.54, 1.807) is 24.5 Å². The Morgan fingerprint density at radius 3 is 2.78 bits per heavy atom. The van der Waals surface area contributed by atoms with Gasteiger partial charge in [0, 0.05) is 16.7 Å². The number of nitrogen functional groups attached to an aromatic ring is 1. The maximum absolute atomic E-state index is 5.85. The minimum Gasteiger partial charge on any atom is -0.478 e. The number of hydrogen-bond acceptors (Lipinski definition) is 5. The first-order chi connectivity index (χ1) is 8.69. The van der Waals surface area contributed by atoms with Gasteiger partial charge in [-0.25, -0.2) is 9.97 Å². The molecule has 0 aromatic carbocycles. The van der Waals surface area contributed by atoms with Gasteiger partial charge in [-0.1, -0.05) is 0 Å².